The molecule has 1 rings (SSSR count). The Bertz CT molecular complexity index is 186. The van der Waals surface area contributed by atoms with Gasteiger partial charge in [0, 0.05) is 7.11 Å². The lowest BCUT2D eigenvalue weighted by Gasteiger charge is -2.36. The number of rotatable bonds is 6. The highest BCUT2D eigenvalue weighted by molar-refractivity contribution is 4.94. The van der Waals surface area contributed by atoms with Crippen molar-refractivity contribution in [1.29, 1.82) is 0 Å². The van der Waals surface area contributed by atoms with Crippen LogP contribution in [0.3, 0.4) is 0 Å². The van der Waals surface area contributed by atoms with E-state index in [1.807, 2.05) is 0 Å². The zero-order valence-corrected chi connectivity index (χ0v) is 10.6. The summed E-state index contributed by atoms with van der Waals surface area (Å²) in [6, 6.07) is 0. The molecule has 15 heavy (non-hydrogen) atoms. The number of hydrogen-bond donors (Lipinski definition) is 0. The van der Waals surface area contributed by atoms with E-state index >= 15 is 0 Å². The van der Waals surface area contributed by atoms with Crippen molar-refractivity contribution in [1.82, 2.24) is 4.90 Å². The Morgan fingerprint density at radius 1 is 1.40 bits per heavy atom. The minimum atomic E-state index is 0.123. The predicted octanol–water partition coefficient (Wildman–Crippen LogP) is 1.91. The first-order valence-electron chi connectivity index (χ1n) is 5.96. The van der Waals surface area contributed by atoms with Crippen molar-refractivity contribution in [2.75, 3.05) is 33.9 Å². The first-order chi connectivity index (χ1) is 7.14. The molecular formula is C12H25NO2. The fourth-order valence-corrected chi connectivity index (χ4v) is 2.16. The summed E-state index contributed by atoms with van der Waals surface area (Å²) in [6.07, 6.45) is 3.87. The van der Waals surface area contributed by atoms with Gasteiger partial charge in [0.05, 0.1) is 24.9 Å². The number of methoxy groups -OCH3 is 1. The zero-order chi connectivity index (χ0) is 11.3. The van der Waals surface area contributed by atoms with Gasteiger partial charge in [0.25, 0.3) is 0 Å². The van der Waals surface area contributed by atoms with Crippen molar-refractivity contribution >= 4 is 0 Å². The van der Waals surface area contributed by atoms with E-state index in [1.165, 1.54) is 12.8 Å². The molecule has 0 aromatic carbocycles. The maximum atomic E-state index is 5.88. The smallest absolute Gasteiger partial charge is 0.0676 e. The molecule has 0 amide bonds. The summed E-state index contributed by atoms with van der Waals surface area (Å²) in [5, 5.41) is 0. The highest BCUT2D eigenvalue weighted by Crippen LogP contribution is 2.28. The SMILES string of the molecule is CCC(C)OCC1(COC)CCCN1C. The molecule has 3 nitrogen and oxygen atoms in total. The summed E-state index contributed by atoms with van der Waals surface area (Å²) < 4.78 is 11.2. The van der Waals surface area contributed by atoms with Gasteiger partial charge in [0.15, 0.2) is 0 Å². The second-order valence-electron chi connectivity index (χ2n) is 4.71. The molecule has 0 saturated carbocycles. The standard InChI is InChI=1S/C12H25NO2/c1-5-11(2)15-10-12(9-14-4)7-6-8-13(12)3/h11H,5-10H2,1-4H3. The van der Waals surface area contributed by atoms with Crippen LogP contribution >= 0.6 is 0 Å². The lowest BCUT2D eigenvalue weighted by Crippen LogP contribution is -2.49. The topological polar surface area (TPSA) is 21.7 Å². The molecule has 1 aliphatic rings. The van der Waals surface area contributed by atoms with Crippen LogP contribution < -0.4 is 0 Å². The van der Waals surface area contributed by atoms with Gasteiger partial charge in [-0.05, 0) is 39.8 Å². The van der Waals surface area contributed by atoms with Crippen LogP contribution in [0.2, 0.25) is 0 Å². The van der Waals surface area contributed by atoms with Gasteiger partial charge >= 0.3 is 0 Å². The van der Waals surface area contributed by atoms with E-state index in [1.54, 1.807) is 7.11 Å². The Morgan fingerprint density at radius 2 is 2.13 bits per heavy atom. The Hall–Kier alpha value is -0.120. The largest absolute Gasteiger partial charge is 0.383 e. The van der Waals surface area contributed by atoms with Crippen LogP contribution in [0.15, 0.2) is 0 Å². The summed E-state index contributed by atoms with van der Waals surface area (Å²) in [5.74, 6) is 0. The van der Waals surface area contributed by atoms with E-state index in [0.29, 0.717) is 6.10 Å². The fourth-order valence-electron chi connectivity index (χ4n) is 2.16. The molecule has 1 fully saturated rings. The minimum Gasteiger partial charge on any atom is -0.383 e. The molecule has 1 saturated heterocycles. The molecule has 3 heteroatoms. The van der Waals surface area contributed by atoms with E-state index in [9.17, 15) is 0 Å². The Balaban J connectivity index is 2.49. The van der Waals surface area contributed by atoms with Crippen molar-refractivity contribution < 1.29 is 9.47 Å². The van der Waals surface area contributed by atoms with Crippen molar-refractivity contribution in [3.63, 3.8) is 0 Å². The van der Waals surface area contributed by atoms with Gasteiger partial charge < -0.3 is 9.47 Å². The summed E-state index contributed by atoms with van der Waals surface area (Å²) in [4.78, 5) is 2.39. The van der Waals surface area contributed by atoms with E-state index < -0.39 is 0 Å². The van der Waals surface area contributed by atoms with Gasteiger partial charge in [-0.25, -0.2) is 0 Å². The van der Waals surface area contributed by atoms with Crippen LogP contribution in [0.25, 0.3) is 0 Å². The molecule has 2 atom stereocenters. The number of likely N-dealkylation sites (N-methyl/N-ethyl adjacent to an activating group) is 1. The molecule has 0 N–H and O–H groups in total. The predicted molar refractivity (Wildman–Crippen MR) is 62.2 cm³/mol. The van der Waals surface area contributed by atoms with Gasteiger partial charge in [-0.2, -0.15) is 0 Å². The van der Waals surface area contributed by atoms with Crippen LogP contribution in [0, 0.1) is 0 Å². The molecular weight excluding hydrogens is 190 g/mol. The lowest BCUT2D eigenvalue weighted by atomic mass is 9.99. The van der Waals surface area contributed by atoms with Gasteiger partial charge in [0.2, 0.25) is 0 Å². The van der Waals surface area contributed by atoms with Crippen LogP contribution in [0.1, 0.15) is 33.1 Å². The maximum Gasteiger partial charge on any atom is 0.0676 e. The Labute approximate surface area is 93.7 Å². The molecule has 0 spiro atoms. The summed E-state index contributed by atoms with van der Waals surface area (Å²) >= 11 is 0. The van der Waals surface area contributed by atoms with Gasteiger partial charge in [-0.1, -0.05) is 6.92 Å². The van der Waals surface area contributed by atoms with Crippen molar-refractivity contribution in [2.24, 2.45) is 0 Å². The fraction of sp³-hybridized carbons (Fsp3) is 1.00. The summed E-state index contributed by atoms with van der Waals surface area (Å²) in [5.41, 5.74) is 0.123. The van der Waals surface area contributed by atoms with Crippen LogP contribution in [0.4, 0.5) is 0 Å². The summed E-state index contributed by atoms with van der Waals surface area (Å²) in [7, 11) is 3.95. The van der Waals surface area contributed by atoms with E-state index in [-0.39, 0.29) is 5.54 Å². The van der Waals surface area contributed by atoms with Crippen molar-refractivity contribution in [3.05, 3.63) is 0 Å². The second kappa shape index (κ2) is 5.83. The number of hydrogen-bond acceptors (Lipinski definition) is 3. The van der Waals surface area contributed by atoms with Crippen molar-refractivity contribution in [3.8, 4) is 0 Å². The zero-order valence-electron chi connectivity index (χ0n) is 10.6. The van der Waals surface area contributed by atoms with Crippen LogP contribution in [-0.2, 0) is 9.47 Å². The normalized spacial score (nSPS) is 29.6. The quantitative estimate of drug-likeness (QED) is 0.675. The minimum absolute atomic E-state index is 0.123. The molecule has 0 aromatic rings. The molecule has 0 bridgehead atoms. The van der Waals surface area contributed by atoms with Gasteiger partial charge in [-0.15, -0.1) is 0 Å². The Kier molecular flexibility index (Phi) is 5.03. The highest BCUT2D eigenvalue weighted by Gasteiger charge is 2.39. The average Bonchev–Trinajstić information content (AvgIpc) is 2.58. The van der Waals surface area contributed by atoms with E-state index in [0.717, 1.165) is 26.2 Å². The third-order valence-electron chi connectivity index (χ3n) is 3.57. The van der Waals surface area contributed by atoms with Gasteiger partial charge in [0.1, 0.15) is 0 Å². The molecule has 90 valence electrons. The monoisotopic (exact) mass is 215 g/mol. The number of nitrogens with zero attached hydrogens (tertiary/aromatic N) is 1. The highest BCUT2D eigenvalue weighted by atomic mass is 16.5. The second-order valence-corrected chi connectivity index (χ2v) is 4.71. The number of likely N-dealkylation sites (tertiary alicyclic amines) is 1. The molecule has 0 aliphatic carbocycles. The van der Waals surface area contributed by atoms with Gasteiger partial charge in [-0.3, -0.25) is 4.90 Å². The maximum absolute atomic E-state index is 5.88. The Morgan fingerprint density at radius 3 is 2.60 bits per heavy atom. The molecule has 0 aromatic heterocycles. The third kappa shape index (κ3) is 3.16. The average molecular weight is 215 g/mol. The van der Waals surface area contributed by atoms with E-state index in [4.69, 9.17) is 9.47 Å². The van der Waals surface area contributed by atoms with E-state index in [2.05, 4.69) is 25.8 Å². The van der Waals surface area contributed by atoms with Crippen LogP contribution in [-0.4, -0.2) is 50.5 Å². The molecule has 1 aliphatic heterocycles. The summed E-state index contributed by atoms with van der Waals surface area (Å²) in [6.45, 7) is 7.03. The first-order valence-corrected chi connectivity index (χ1v) is 5.96. The molecule has 2 unspecified atom stereocenters. The van der Waals surface area contributed by atoms with Crippen molar-refractivity contribution in [2.45, 2.75) is 44.8 Å². The van der Waals surface area contributed by atoms with Crippen LogP contribution in [0.5, 0.6) is 0 Å². The lowest BCUT2D eigenvalue weighted by molar-refractivity contribution is -0.0448. The number of ether oxygens (including phenoxy) is 2. The molecule has 1 heterocycles. The molecule has 0 radical (unpaired) electrons. The third-order valence-corrected chi connectivity index (χ3v) is 3.57. The first kappa shape index (κ1) is 12.9.